The fraction of sp³-hybridized carbons (Fsp3) is 0.929. The second-order valence-corrected chi connectivity index (χ2v) is 12.6. The van der Waals surface area contributed by atoms with Crippen LogP contribution in [0.4, 0.5) is 0 Å². The van der Waals surface area contributed by atoms with Crippen molar-refractivity contribution >= 4 is 11.8 Å². The third-order valence-corrected chi connectivity index (χ3v) is 9.01. The lowest BCUT2D eigenvalue weighted by atomic mass is 9.94. The van der Waals surface area contributed by atoms with E-state index in [1.165, 1.54) is 0 Å². The van der Waals surface area contributed by atoms with E-state index < -0.39 is 161 Å². The van der Waals surface area contributed by atoms with Gasteiger partial charge in [0.15, 0.2) is 25.2 Å². The molecule has 0 aromatic rings. The van der Waals surface area contributed by atoms with Gasteiger partial charge in [-0.25, -0.2) is 0 Å². The molecule has 4 fully saturated rings. The Morgan fingerprint density at radius 3 is 1.37 bits per heavy atom. The summed E-state index contributed by atoms with van der Waals surface area (Å²) in [5.41, 5.74) is 0. The molecular formula is C28H48N2O21. The van der Waals surface area contributed by atoms with Crippen LogP contribution in [-0.4, -0.2) is 222 Å². The summed E-state index contributed by atoms with van der Waals surface area (Å²) in [7, 11) is 0. The molecule has 0 aromatic heterocycles. The third kappa shape index (κ3) is 9.11. The number of carbonyl (C=O) groups is 2. The van der Waals surface area contributed by atoms with Gasteiger partial charge in [-0.2, -0.15) is 0 Å². The summed E-state index contributed by atoms with van der Waals surface area (Å²) in [5, 5.41) is 129. The molecule has 51 heavy (non-hydrogen) atoms. The van der Waals surface area contributed by atoms with Crippen molar-refractivity contribution in [1.82, 2.24) is 10.6 Å². The largest absolute Gasteiger partial charge is 0.394 e. The second kappa shape index (κ2) is 18.0. The van der Waals surface area contributed by atoms with Gasteiger partial charge in [-0.3, -0.25) is 9.59 Å². The number of hydrogen-bond acceptors (Lipinski definition) is 21. The summed E-state index contributed by atoms with van der Waals surface area (Å²) in [4.78, 5) is 24.1. The molecule has 0 saturated carbocycles. The highest BCUT2D eigenvalue weighted by molar-refractivity contribution is 5.73. The number of carbonyl (C=O) groups excluding carboxylic acids is 2. The Labute approximate surface area is 289 Å². The highest BCUT2D eigenvalue weighted by atomic mass is 16.8. The van der Waals surface area contributed by atoms with Crippen LogP contribution >= 0.6 is 0 Å². The SMILES string of the molecule is CC(=O)N[C@H]1[C@H](O[C@H]2[C@H](O)[C@H](O[C@@H]3O[C@H](CO)[C@@H](O)[C@H](O)[C@H]3NC(C)=O)[C@@H](O)O[C@@H]2CO)O[C@H](CO)[C@@H](O[C@@H]2O[C@H](CO)[C@H](O)[C@H](O)[C@H]2O)[C@@H]1O. The van der Waals surface area contributed by atoms with E-state index >= 15 is 0 Å². The van der Waals surface area contributed by atoms with Crippen molar-refractivity contribution in [1.29, 1.82) is 0 Å². The van der Waals surface area contributed by atoms with E-state index in [1.54, 1.807) is 0 Å². The van der Waals surface area contributed by atoms with Crippen LogP contribution in [0.2, 0.25) is 0 Å². The van der Waals surface area contributed by atoms with Gasteiger partial charge in [0, 0.05) is 13.8 Å². The molecule has 4 saturated heterocycles. The van der Waals surface area contributed by atoms with Crippen molar-refractivity contribution in [2.45, 2.75) is 137 Å². The highest BCUT2D eigenvalue weighted by Gasteiger charge is 2.55. The fourth-order valence-corrected chi connectivity index (χ4v) is 6.34. The Balaban J connectivity index is 1.57. The normalized spacial score (nSPS) is 47.8. The summed E-state index contributed by atoms with van der Waals surface area (Å²) in [6.45, 7) is -1.28. The van der Waals surface area contributed by atoms with E-state index in [0.717, 1.165) is 13.8 Å². The molecule has 14 N–H and O–H groups in total. The number of amides is 2. The molecule has 4 aliphatic rings. The Morgan fingerprint density at radius 2 is 0.863 bits per heavy atom. The minimum atomic E-state index is -2.03. The van der Waals surface area contributed by atoms with E-state index in [9.17, 15) is 70.9 Å². The maximum Gasteiger partial charge on any atom is 0.217 e. The Hall–Kier alpha value is -1.82. The highest BCUT2D eigenvalue weighted by Crippen LogP contribution is 2.34. The number of rotatable bonds is 12. The number of aliphatic hydroxyl groups excluding tert-OH is 12. The topological polar surface area (TPSA) is 366 Å². The number of ether oxygens (including phenoxy) is 7. The molecule has 23 heteroatoms. The molecule has 0 radical (unpaired) electrons. The predicted molar refractivity (Wildman–Crippen MR) is 157 cm³/mol. The van der Waals surface area contributed by atoms with Crippen LogP contribution in [-0.2, 0) is 42.7 Å². The molecule has 0 unspecified atom stereocenters. The molecule has 20 atom stereocenters. The summed E-state index contributed by atoms with van der Waals surface area (Å²) in [6, 6.07) is -3.10. The van der Waals surface area contributed by atoms with Crippen LogP contribution in [0.25, 0.3) is 0 Å². The van der Waals surface area contributed by atoms with Gasteiger partial charge in [0.2, 0.25) is 11.8 Å². The quantitative estimate of drug-likeness (QED) is 0.0881. The smallest absolute Gasteiger partial charge is 0.217 e. The van der Waals surface area contributed by atoms with Gasteiger partial charge >= 0.3 is 0 Å². The predicted octanol–water partition coefficient (Wildman–Crippen LogP) is -9.46. The Bertz CT molecular complexity index is 1140. The van der Waals surface area contributed by atoms with Crippen LogP contribution in [0.15, 0.2) is 0 Å². The zero-order chi connectivity index (χ0) is 37.9. The van der Waals surface area contributed by atoms with E-state index in [0.29, 0.717) is 0 Å². The molecule has 0 spiro atoms. The maximum atomic E-state index is 12.2. The van der Waals surface area contributed by atoms with Crippen LogP contribution < -0.4 is 10.6 Å². The molecular weight excluding hydrogens is 700 g/mol. The number of hydrogen-bond donors (Lipinski definition) is 14. The van der Waals surface area contributed by atoms with Gasteiger partial charge in [-0.05, 0) is 0 Å². The number of aliphatic hydroxyl groups is 12. The first kappa shape index (κ1) is 41.9. The first-order chi connectivity index (χ1) is 24.1. The second-order valence-electron chi connectivity index (χ2n) is 12.6. The van der Waals surface area contributed by atoms with Gasteiger partial charge in [-0.15, -0.1) is 0 Å². The van der Waals surface area contributed by atoms with Crippen molar-refractivity contribution in [3.8, 4) is 0 Å². The average molecular weight is 749 g/mol. The van der Waals surface area contributed by atoms with Crippen molar-refractivity contribution in [3.05, 3.63) is 0 Å². The molecule has 0 bridgehead atoms. The van der Waals surface area contributed by atoms with E-state index in [1.807, 2.05) is 0 Å². The van der Waals surface area contributed by atoms with E-state index in [2.05, 4.69) is 10.6 Å². The van der Waals surface area contributed by atoms with Gasteiger partial charge < -0.3 is 105 Å². The van der Waals surface area contributed by atoms with Gasteiger partial charge in [0.25, 0.3) is 0 Å². The van der Waals surface area contributed by atoms with Crippen molar-refractivity contribution in [2.75, 3.05) is 26.4 Å². The van der Waals surface area contributed by atoms with Gasteiger partial charge in [-0.1, -0.05) is 0 Å². The zero-order valence-corrected chi connectivity index (χ0v) is 27.4. The Morgan fingerprint density at radius 1 is 0.471 bits per heavy atom. The fourth-order valence-electron chi connectivity index (χ4n) is 6.34. The summed E-state index contributed by atoms with van der Waals surface area (Å²) in [6.07, 6.45) is -31.3. The molecule has 0 aromatic carbocycles. The van der Waals surface area contributed by atoms with Crippen LogP contribution in [0, 0.1) is 0 Å². The molecule has 4 rings (SSSR count). The van der Waals surface area contributed by atoms with E-state index in [-0.39, 0.29) is 0 Å². The summed E-state index contributed by atoms with van der Waals surface area (Å²) >= 11 is 0. The lowest BCUT2D eigenvalue weighted by molar-refractivity contribution is -0.378. The lowest BCUT2D eigenvalue weighted by Crippen LogP contribution is -2.70. The molecule has 2 amide bonds. The van der Waals surface area contributed by atoms with Crippen molar-refractivity contribution in [2.24, 2.45) is 0 Å². The molecule has 296 valence electrons. The van der Waals surface area contributed by atoms with Gasteiger partial charge in [0.1, 0.15) is 97.5 Å². The van der Waals surface area contributed by atoms with Gasteiger partial charge in [0.05, 0.1) is 26.4 Å². The summed E-state index contributed by atoms with van der Waals surface area (Å²) < 4.78 is 39.3. The first-order valence-corrected chi connectivity index (χ1v) is 16.1. The standard InChI is InChI=1S/C28H48N2O21/c1-7(35)29-13-17(39)15(37)9(3-31)46-26(13)51-24-21(43)23(11(5-33)45-25(24)44)49-27-14(30-8(2)36)18(40)22(12(6-34)48-27)50-28-20(42)19(41)16(38)10(4-32)47-28/h9-28,31-34,37-44H,3-6H2,1-2H3,(H,29,35)(H,30,36)/t9-,10-,11-,12-,13-,14-,15-,16+,17-,18-,19+,20-,21+,22-,23-,24+,25+,26+,27+,28+/m1/s1. The molecule has 23 nitrogen and oxygen atoms in total. The van der Waals surface area contributed by atoms with Crippen LogP contribution in [0.5, 0.6) is 0 Å². The minimum absolute atomic E-state index is 0.697. The monoisotopic (exact) mass is 748 g/mol. The third-order valence-electron chi connectivity index (χ3n) is 9.01. The Kier molecular flexibility index (Phi) is 14.8. The van der Waals surface area contributed by atoms with E-state index in [4.69, 9.17) is 33.2 Å². The maximum absolute atomic E-state index is 12.2. The van der Waals surface area contributed by atoms with Crippen LogP contribution in [0.3, 0.4) is 0 Å². The van der Waals surface area contributed by atoms with Crippen LogP contribution in [0.1, 0.15) is 13.8 Å². The van der Waals surface area contributed by atoms with Crippen molar-refractivity contribution in [3.63, 3.8) is 0 Å². The number of nitrogens with one attached hydrogen (secondary N) is 2. The average Bonchev–Trinajstić information content (AvgIpc) is 3.09. The van der Waals surface area contributed by atoms with Crippen molar-refractivity contribution < 1.29 is 104 Å². The molecule has 4 heterocycles. The zero-order valence-electron chi connectivity index (χ0n) is 27.4. The lowest BCUT2D eigenvalue weighted by Gasteiger charge is -2.50. The molecule has 0 aliphatic carbocycles. The molecule has 4 aliphatic heterocycles. The first-order valence-electron chi connectivity index (χ1n) is 16.1. The minimum Gasteiger partial charge on any atom is -0.394 e. The summed E-state index contributed by atoms with van der Waals surface area (Å²) in [5.74, 6) is -1.45.